The lowest BCUT2D eigenvalue weighted by molar-refractivity contribution is -0.151. The Morgan fingerprint density at radius 1 is 0.919 bits per heavy atom. The highest BCUT2D eigenvalue weighted by molar-refractivity contribution is 5.69. The zero-order valence-corrected chi connectivity index (χ0v) is 25.2. The zero-order chi connectivity index (χ0) is 26.4. The number of unbranched alkanes of at least 4 members (excludes halogenated alkanes) is 5. The Balaban J connectivity index is 1.28. The normalized spacial score (nSPS) is 35.9. The summed E-state index contributed by atoms with van der Waals surface area (Å²) >= 11 is 0. The van der Waals surface area contributed by atoms with Crippen molar-refractivity contribution < 1.29 is 9.53 Å². The summed E-state index contributed by atoms with van der Waals surface area (Å²) in [7, 11) is 0. The van der Waals surface area contributed by atoms with Gasteiger partial charge < -0.3 is 4.74 Å². The van der Waals surface area contributed by atoms with Gasteiger partial charge in [0.15, 0.2) is 0 Å². The molecule has 0 aromatic heterocycles. The molecule has 212 valence electrons. The van der Waals surface area contributed by atoms with Crippen molar-refractivity contribution in [1.82, 2.24) is 0 Å². The highest BCUT2D eigenvalue weighted by Gasteiger charge is 2.54. The van der Waals surface area contributed by atoms with E-state index in [0.29, 0.717) is 11.8 Å². The van der Waals surface area contributed by atoms with Gasteiger partial charge in [-0.2, -0.15) is 0 Å². The molecule has 8 atom stereocenters. The summed E-state index contributed by atoms with van der Waals surface area (Å²) in [6.07, 6.45) is 25.5. The number of carbonyl (C=O) groups excluding carboxylic acids is 1. The van der Waals surface area contributed by atoms with Gasteiger partial charge in [0.1, 0.15) is 6.10 Å². The lowest BCUT2D eigenvalue weighted by atomic mass is 9.50. The number of rotatable bonds is 13. The Labute approximate surface area is 230 Å². The molecule has 1 unspecified atom stereocenters. The zero-order valence-electron chi connectivity index (χ0n) is 25.2. The molecule has 4 rings (SSSR count). The Bertz CT molecular complexity index is 752. The molecule has 0 aromatic carbocycles. The van der Waals surface area contributed by atoms with Crippen LogP contribution in [0, 0.1) is 46.8 Å². The van der Waals surface area contributed by atoms with E-state index in [1.807, 2.05) is 0 Å². The van der Waals surface area contributed by atoms with Crippen LogP contribution in [-0.4, -0.2) is 12.1 Å². The van der Waals surface area contributed by atoms with Crippen LogP contribution >= 0.6 is 0 Å². The van der Waals surface area contributed by atoms with E-state index < -0.39 is 0 Å². The summed E-state index contributed by atoms with van der Waals surface area (Å²) in [6, 6.07) is 0. The van der Waals surface area contributed by atoms with Crippen LogP contribution in [0.3, 0.4) is 0 Å². The van der Waals surface area contributed by atoms with E-state index >= 15 is 0 Å². The molecule has 3 saturated carbocycles. The molecule has 2 nitrogen and oxygen atoms in total. The van der Waals surface area contributed by atoms with Crippen LogP contribution in [0.2, 0.25) is 0 Å². The Morgan fingerprint density at radius 2 is 1.68 bits per heavy atom. The number of fused-ring (bicyclic) bond motifs is 5. The second kappa shape index (κ2) is 13.5. The van der Waals surface area contributed by atoms with E-state index in [1.165, 1.54) is 89.9 Å². The average molecular weight is 513 g/mol. The topological polar surface area (TPSA) is 26.3 Å². The van der Waals surface area contributed by atoms with Crippen LogP contribution < -0.4 is 0 Å². The minimum absolute atomic E-state index is 0.0541. The van der Waals surface area contributed by atoms with E-state index in [1.54, 1.807) is 5.57 Å². The molecule has 0 amide bonds. The predicted molar refractivity (Wildman–Crippen MR) is 156 cm³/mol. The maximum atomic E-state index is 12.5. The fraction of sp³-hybridized carbons (Fsp3) is 0.914. The molecule has 0 saturated heterocycles. The largest absolute Gasteiger partial charge is 0.462 e. The standard InChI is InChI=1S/C35H60O2/c1-6-7-8-9-10-11-15-34(36)37-28-22-23-35(5)27(24-28)16-17-32-31-19-18-29(30(31)20-21-33(32)35)26(4)14-12-13-25(2)3/h16,25-26,28-33H,6-15,17-24H2,1-5H3/t26?,28-,29+,30+,31+,32-,33-,35-/m0/s1. The van der Waals surface area contributed by atoms with Gasteiger partial charge in [0.05, 0.1) is 0 Å². The molecule has 0 radical (unpaired) electrons. The second-order valence-corrected chi connectivity index (χ2v) is 14.5. The maximum absolute atomic E-state index is 12.5. The van der Waals surface area contributed by atoms with Crippen molar-refractivity contribution >= 4 is 5.97 Å². The lowest BCUT2D eigenvalue weighted by Crippen LogP contribution is -2.48. The first-order chi connectivity index (χ1) is 17.8. The molecule has 0 N–H and O–H groups in total. The van der Waals surface area contributed by atoms with E-state index in [4.69, 9.17) is 4.74 Å². The van der Waals surface area contributed by atoms with Crippen LogP contribution in [0.4, 0.5) is 0 Å². The molecule has 4 aliphatic rings. The molecule has 0 aliphatic heterocycles. The third-order valence-corrected chi connectivity index (χ3v) is 11.6. The number of allylic oxidation sites excluding steroid dienone is 1. The van der Waals surface area contributed by atoms with Gasteiger partial charge in [-0.05, 0) is 98.2 Å². The summed E-state index contributed by atoms with van der Waals surface area (Å²) in [4.78, 5) is 12.5. The van der Waals surface area contributed by atoms with E-state index in [2.05, 4.69) is 40.7 Å². The van der Waals surface area contributed by atoms with Crippen LogP contribution in [0.25, 0.3) is 0 Å². The van der Waals surface area contributed by atoms with Crippen molar-refractivity contribution in [3.05, 3.63) is 11.6 Å². The first-order valence-corrected chi connectivity index (χ1v) is 16.7. The average Bonchev–Trinajstić information content (AvgIpc) is 3.31. The van der Waals surface area contributed by atoms with Crippen molar-refractivity contribution in [2.24, 2.45) is 46.8 Å². The lowest BCUT2D eigenvalue weighted by Gasteiger charge is -2.55. The van der Waals surface area contributed by atoms with E-state index in [0.717, 1.165) is 60.7 Å². The van der Waals surface area contributed by atoms with Crippen LogP contribution in [0.5, 0.6) is 0 Å². The number of hydrogen-bond donors (Lipinski definition) is 0. The summed E-state index contributed by atoms with van der Waals surface area (Å²) in [5, 5.41) is 0. The minimum atomic E-state index is 0.0541. The Kier molecular flexibility index (Phi) is 10.7. The van der Waals surface area contributed by atoms with Crippen molar-refractivity contribution in [2.45, 2.75) is 156 Å². The molecular weight excluding hydrogens is 452 g/mol. The van der Waals surface area contributed by atoms with Gasteiger partial charge >= 0.3 is 5.97 Å². The van der Waals surface area contributed by atoms with Crippen LogP contribution in [0.15, 0.2) is 11.6 Å². The Morgan fingerprint density at radius 3 is 2.46 bits per heavy atom. The van der Waals surface area contributed by atoms with Crippen LogP contribution in [0.1, 0.15) is 150 Å². The molecule has 3 fully saturated rings. The highest BCUT2D eigenvalue weighted by atomic mass is 16.5. The number of ether oxygens (including phenoxy) is 1. The molecule has 0 spiro atoms. The van der Waals surface area contributed by atoms with Crippen molar-refractivity contribution in [3.8, 4) is 0 Å². The van der Waals surface area contributed by atoms with Gasteiger partial charge in [-0.15, -0.1) is 0 Å². The summed E-state index contributed by atoms with van der Waals surface area (Å²) in [5.74, 6) is 6.54. The molecule has 4 aliphatic carbocycles. The SMILES string of the molecule is CCCCCCCCC(=O)O[C@H]1CC[C@@]2(C)C(=CC[C@H]3[C@@H]4CC[C@H](C(C)CCCC(C)C)[C@H]4CC[C@@H]32)C1. The molecule has 0 heterocycles. The predicted octanol–water partition coefficient (Wildman–Crippen LogP) is 10.3. The first-order valence-electron chi connectivity index (χ1n) is 16.7. The molecule has 0 bridgehead atoms. The smallest absolute Gasteiger partial charge is 0.306 e. The summed E-state index contributed by atoms with van der Waals surface area (Å²) < 4.78 is 6.03. The van der Waals surface area contributed by atoms with Crippen LogP contribution in [-0.2, 0) is 9.53 Å². The van der Waals surface area contributed by atoms with Crippen molar-refractivity contribution in [3.63, 3.8) is 0 Å². The minimum Gasteiger partial charge on any atom is -0.462 e. The number of carbonyl (C=O) groups is 1. The summed E-state index contributed by atoms with van der Waals surface area (Å²) in [5.41, 5.74) is 2.00. The number of hydrogen-bond acceptors (Lipinski definition) is 2. The molecular formula is C35H60O2. The number of esters is 1. The Hall–Kier alpha value is -0.790. The van der Waals surface area contributed by atoms with Gasteiger partial charge in [-0.25, -0.2) is 0 Å². The third kappa shape index (κ3) is 7.05. The van der Waals surface area contributed by atoms with E-state index in [9.17, 15) is 4.79 Å². The van der Waals surface area contributed by atoms with Gasteiger partial charge in [-0.1, -0.05) is 97.6 Å². The maximum Gasteiger partial charge on any atom is 0.306 e. The molecule has 0 aromatic rings. The first kappa shape index (κ1) is 29.2. The second-order valence-electron chi connectivity index (χ2n) is 14.5. The van der Waals surface area contributed by atoms with Crippen molar-refractivity contribution in [2.75, 3.05) is 0 Å². The van der Waals surface area contributed by atoms with Gasteiger partial charge in [0.2, 0.25) is 0 Å². The quantitative estimate of drug-likeness (QED) is 0.139. The van der Waals surface area contributed by atoms with E-state index in [-0.39, 0.29) is 12.1 Å². The van der Waals surface area contributed by atoms with Gasteiger partial charge in [0, 0.05) is 12.8 Å². The fourth-order valence-electron chi connectivity index (χ4n) is 9.49. The summed E-state index contributed by atoms with van der Waals surface area (Å²) in [6.45, 7) is 12.2. The molecule has 37 heavy (non-hydrogen) atoms. The van der Waals surface area contributed by atoms with Gasteiger partial charge in [0.25, 0.3) is 0 Å². The molecule has 2 heteroatoms. The fourth-order valence-corrected chi connectivity index (χ4v) is 9.49. The van der Waals surface area contributed by atoms with Gasteiger partial charge in [-0.3, -0.25) is 4.79 Å². The highest BCUT2D eigenvalue weighted by Crippen LogP contribution is 2.63. The van der Waals surface area contributed by atoms with Crippen molar-refractivity contribution in [1.29, 1.82) is 0 Å². The monoisotopic (exact) mass is 512 g/mol. The third-order valence-electron chi connectivity index (χ3n) is 11.6.